The van der Waals surface area contributed by atoms with E-state index in [1.165, 1.54) is 0 Å². The number of piperidine rings is 1. The molecule has 0 aromatic rings. The Morgan fingerprint density at radius 2 is 2.05 bits per heavy atom. The van der Waals surface area contributed by atoms with Crippen LogP contribution in [0.1, 0.15) is 52.9 Å². The van der Waals surface area contributed by atoms with Crippen LogP contribution in [0, 0.1) is 0 Å². The Bertz CT molecular complexity index is 352. The average Bonchev–Trinajstić information content (AvgIpc) is 2.36. The highest BCUT2D eigenvalue weighted by Crippen LogP contribution is 2.20. The first-order chi connectivity index (χ1) is 9.79. The van der Waals surface area contributed by atoms with Gasteiger partial charge in [0.25, 0.3) is 0 Å². The Balaban J connectivity index is 2.38. The van der Waals surface area contributed by atoms with E-state index >= 15 is 0 Å². The van der Waals surface area contributed by atoms with E-state index in [0.717, 1.165) is 25.8 Å². The fourth-order valence-corrected chi connectivity index (χ4v) is 2.41. The molecule has 0 aliphatic carbocycles. The second kappa shape index (κ2) is 8.22. The zero-order chi connectivity index (χ0) is 15.9. The van der Waals surface area contributed by atoms with Crippen molar-refractivity contribution in [2.45, 2.75) is 64.5 Å². The SMILES string of the molecule is CC(C)(C)OC(=O)N1CCCCC1CNCCCC(=O)O. The molecule has 1 fully saturated rings. The van der Waals surface area contributed by atoms with Crippen LogP contribution in [0.5, 0.6) is 0 Å². The molecular formula is C15H28N2O4. The van der Waals surface area contributed by atoms with E-state index in [2.05, 4.69) is 5.32 Å². The van der Waals surface area contributed by atoms with Gasteiger partial charge in [-0.2, -0.15) is 0 Å². The van der Waals surface area contributed by atoms with E-state index in [0.29, 0.717) is 19.5 Å². The summed E-state index contributed by atoms with van der Waals surface area (Å²) in [7, 11) is 0. The van der Waals surface area contributed by atoms with Gasteiger partial charge in [-0.3, -0.25) is 4.79 Å². The highest BCUT2D eigenvalue weighted by atomic mass is 16.6. The summed E-state index contributed by atoms with van der Waals surface area (Å²) in [6.45, 7) is 7.69. The summed E-state index contributed by atoms with van der Waals surface area (Å²) in [6, 6.07) is 0.137. The van der Waals surface area contributed by atoms with E-state index in [4.69, 9.17) is 9.84 Å². The summed E-state index contributed by atoms with van der Waals surface area (Å²) in [4.78, 5) is 24.4. The van der Waals surface area contributed by atoms with Crippen molar-refractivity contribution in [2.75, 3.05) is 19.6 Å². The monoisotopic (exact) mass is 300 g/mol. The molecule has 0 aromatic carbocycles. The molecule has 0 spiro atoms. The minimum Gasteiger partial charge on any atom is -0.481 e. The summed E-state index contributed by atoms with van der Waals surface area (Å²) < 4.78 is 5.45. The van der Waals surface area contributed by atoms with Crippen molar-refractivity contribution in [2.24, 2.45) is 0 Å². The van der Waals surface area contributed by atoms with Crippen molar-refractivity contribution in [3.8, 4) is 0 Å². The highest BCUT2D eigenvalue weighted by Gasteiger charge is 2.29. The van der Waals surface area contributed by atoms with Gasteiger partial charge in [0.05, 0.1) is 0 Å². The number of rotatable bonds is 6. The number of aliphatic carboxylic acids is 1. The summed E-state index contributed by atoms with van der Waals surface area (Å²) in [5, 5.41) is 11.8. The van der Waals surface area contributed by atoms with Crippen LogP contribution < -0.4 is 5.32 Å². The molecule has 0 aromatic heterocycles. The first-order valence-electron chi connectivity index (χ1n) is 7.72. The Kier molecular flexibility index (Phi) is 6.95. The van der Waals surface area contributed by atoms with Crippen molar-refractivity contribution in [1.82, 2.24) is 10.2 Å². The van der Waals surface area contributed by atoms with Crippen molar-refractivity contribution >= 4 is 12.1 Å². The number of carboxylic acid groups (broad SMARTS) is 1. The third-order valence-electron chi connectivity index (χ3n) is 3.38. The fraction of sp³-hybridized carbons (Fsp3) is 0.867. The number of hydrogen-bond acceptors (Lipinski definition) is 4. The Labute approximate surface area is 126 Å². The normalized spacial score (nSPS) is 19.4. The van der Waals surface area contributed by atoms with Gasteiger partial charge in [0.1, 0.15) is 5.60 Å². The molecule has 1 unspecified atom stereocenters. The zero-order valence-electron chi connectivity index (χ0n) is 13.4. The maximum Gasteiger partial charge on any atom is 0.410 e. The molecule has 0 bridgehead atoms. The molecule has 1 atom stereocenters. The van der Waals surface area contributed by atoms with E-state index in [1.54, 1.807) is 4.90 Å². The molecule has 1 aliphatic heterocycles. The molecule has 0 saturated carbocycles. The van der Waals surface area contributed by atoms with Crippen molar-refractivity contribution < 1.29 is 19.4 Å². The van der Waals surface area contributed by atoms with Gasteiger partial charge >= 0.3 is 12.1 Å². The second-order valence-corrected chi connectivity index (χ2v) is 6.52. The van der Waals surface area contributed by atoms with Gasteiger partial charge in [-0.15, -0.1) is 0 Å². The standard InChI is InChI=1S/C15H28N2O4/c1-15(2,3)21-14(20)17-10-5-4-7-12(17)11-16-9-6-8-13(18)19/h12,16H,4-11H2,1-3H3,(H,18,19). The number of likely N-dealkylation sites (tertiary alicyclic amines) is 1. The fourth-order valence-electron chi connectivity index (χ4n) is 2.41. The number of carboxylic acids is 1. The van der Waals surface area contributed by atoms with Crippen LogP contribution >= 0.6 is 0 Å². The number of carbonyl (C=O) groups is 2. The van der Waals surface area contributed by atoms with Crippen LogP contribution in [0.25, 0.3) is 0 Å². The Morgan fingerprint density at radius 1 is 1.33 bits per heavy atom. The lowest BCUT2D eigenvalue weighted by Gasteiger charge is -2.36. The predicted octanol–water partition coefficient (Wildman–Crippen LogP) is 2.23. The van der Waals surface area contributed by atoms with Gasteiger partial charge in [-0.1, -0.05) is 0 Å². The molecule has 1 rings (SSSR count). The lowest BCUT2D eigenvalue weighted by atomic mass is 10.0. The van der Waals surface area contributed by atoms with Crippen LogP contribution in [-0.2, 0) is 9.53 Å². The molecule has 2 N–H and O–H groups in total. The van der Waals surface area contributed by atoms with Crippen LogP contribution in [0.4, 0.5) is 4.79 Å². The molecule has 1 amide bonds. The van der Waals surface area contributed by atoms with Crippen LogP contribution in [0.3, 0.4) is 0 Å². The molecule has 1 heterocycles. The number of ether oxygens (including phenoxy) is 1. The number of amides is 1. The van der Waals surface area contributed by atoms with Gasteiger partial charge in [-0.25, -0.2) is 4.79 Å². The van der Waals surface area contributed by atoms with Gasteiger partial charge < -0.3 is 20.1 Å². The summed E-state index contributed by atoms with van der Waals surface area (Å²) in [6.07, 6.45) is 3.61. The molecule has 6 heteroatoms. The maximum absolute atomic E-state index is 12.2. The predicted molar refractivity (Wildman–Crippen MR) is 80.3 cm³/mol. The third kappa shape index (κ3) is 7.32. The summed E-state index contributed by atoms with van der Waals surface area (Å²) in [5.74, 6) is -0.773. The van der Waals surface area contributed by atoms with Crippen molar-refractivity contribution in [3.63, 3.8) is 0 Å². The molecule has 0 radical (unpaired) electrons. The molecule has 21 heavy (non-hydrogen) atoms. The quantitative estimate of drug-likeness (QED) is 0.735. The van der Waals surface area contributed by atoms with Crippen molar-refractivity contribution in [1.29, 1.82) is 0 Å². The molecule has 1 saturated heterocycles. The maximum atomic E-state index is 12.2. The Hall–Kier alpha value is -1.30. The number of carbonyl (C=O) groups excluding carboxylic acids is 1. The Morgan fingerprint density at radius 3 is 2.67 bits per heavy atom. The minimum atomic E-state index is -0.773. The van der Waals surface area contributed by atoms with Gasteiger partial charge in [0, 0.05) is 25.6 Å². The zero-order valence-corrected chi connectivity index (χ0v) is 13.4. The van der Waals surface area contributed by atoms with Gasteiger partial charge in [0.15, 0.2) is 0 Å². The van der Waals surface area contributed by atoms with Crippen LogP contribution in [-0.4, -0.2) is 53.3 Å². The number of hydrogen-bond donors (Lipinski definition) is 2. The largest absolute Gasteiger partial charge is 0.481 e. The second-order valence-electron chi connectivity index (χ2n) is 6.52. The van der Waals surface area contributed by atoms with Crippen LogP contribution in [0.15, 0.2) is 0 Å². The van der Waals surface area contributed by atoms with E-state index in [9.17, 15) is 9.59 Å². The van der Waals surface area contributed by atoms with E-state index in [1.807, 2.05) is 20.8 Å². The van der Waals surface area contributed by atoms with Gasteiger partial charge in [0.2, 0.25) is 0 Å². The topological polar surface area (TPSA) is 78.9 Å². The lowest BCUT2D eigenvalue weighted by molar-refractivity contribution is -0.137. The summed E-state index contributed by atoms with van der Waals surface area (Å²) in [5.41, 5.74) is -0.478. The molecule has 122 valence electrons. The average molecular weight is 300 g/mol. The molecular weight excluding hydrogens is 272 g/mol. The smallest absolute Gasteiger partial charge is 0.410 e. The first-order valence-corrected chi connectivity index (χ1v) is 7.72. The van der Waals surface area contributed by atoms with E-state index < -0.39 is 11.6 Å². The minimum absolute atomic E-state index is 0.137. The van der Waals surface area contributed by atoms with Crippen LogP contribution in [0.2, 0.25) is 0 Å². The van der Waals surface area contributed by atoms with Gasteiger partial charge in [-0.05, 0) is 53.0 Å². The third-order valence-corrected chi connectivity index (χ3v) is 3.38. The first kappa shape index (κ1) is 17.8. The lowest BCUT2D eigenvalue weighted by Crippen LogP contribution is -2.50. The summed E-state index contributed by atoms with van der Waals surface area (Å²) >= 11 is 0. The van der Waals surface area contributed by atoms with E-state index in [-0.39, 0.29) is 18.6 Å². The van der Waals surface area contributed by atoms with Crippen molar-refractivity contribution in [3.05, 3.63) is 0 Å². The molecule has 6 nitrogen and oxygen atoms in total. The number of nitrogens with one attached hydrogen (secondary N) is 1. The molecule has 1 aliphatic rings. The highest BCUT2D eigenvalue weighted by molar-refractivity contribution is 5.68. The number of nitrogens with zero attached hydrogens (tertiary/aromatic N) is 1.